The average molecular weight is 444 g/mol. The molecule has 0 spiro atoms. The zero-order chi connectivity index (χ0) is 17.2. The van der Waals surface area contributed by atoms with Gasteiger partial charge in [0.1, 0.15) is 0 Å². The molecule has 0 amide bonds. The smallest absolute Gasteiger partial charge is 0.0233 e. The molecule has 0 radical (unpaired) electrons. The minimum Gasteiger partial charge on any atom is -0.314 e. The van der Waals surface area contributed by atoms with Gasteiger partial charge in [-0.2, -0.15) is 0 Å². The van der Waals surface area contributed by atoms with Gasteiger partial charge in [0.25, 0.3) is 0 Å². The van der Waals surface area contributed by atoms with Crippen molar-refractivity contribution in [2.45, 2.75) is 26.3 Å². The Bertz CT molecular complexity index is 449. The van der Waals surface area contributed by atoms with E-state index >= 15 is 0 Å². The van der Waals surface area contributed by atoms with Crippen LogP contribution in [0.1, 0.15) is 19.4 Å². The predicted molar refractivity (Wildman–Crippen MR) is 112 cm³/mol. The number of nitrogens with one attached hydrogen (secondary N) is 3. The van der Waals surface area contributed by atoms with E-state index in [9.17, 15) is 0 Å². The second-order valence-electron chi connectivity index (χ2n) is 7.13. The van der Waals surface area contributed by atoms with Crippen LogP contribution in [-0.4, -0.2) is 63.3 Å². The van der Waals surface area contributed by atoms with Crippen LogP contribution in [0.2, 0.25) is 0 Å². The molecule has 3 N–H and O–H groups in total. The molecule has 1 aliphatic rings. The molecule has 0 saturated carbocycles. The van der Waals surface area contributed by atoms with E-state index in [4.69, 9.17) is 0 Å². The highest BCUT2D eigenvalue weighted by Crippen LogP contribution is 2.09. The number of hydrogen-bond donors (Lipinski definition) is 3. The zero-order valence-corrected chi connectivity index (χ0v) is 17.3. The van der Waals surface area contributed by atoms with E-state index in [1.165, 1.54) is 15.7 Å². The Kier molecular flexibility index (Phi) is 9.56. The third-order valence-electron chi connectivity index (χ3n) is 4.35. The molecule has 1 aromatic rings. The second kappa shape index (κ2) is 11.4. The van der Waals surface area contributed by atoms with Crippen molar-refractivity contribution in [1.82, 2.24) is 20.9 Å². The van der Waals surface area contributed by atoms with Crippen molar-refractivity contribution in [3.8, 4) is 0 Å². The van der Waals surface area contributed by atoms with Crippen molar-refractivity contribution in [3.05, 3.63) is 33.4 Å². The van der Waals surface area contributed by atoms with Gasteiger partial charge in [0, 0.05) is 62.0 Å². The second-order valence-corrected chi connectivity index (χ2v) is 8.38. The number of nitrogens with zero attached hydrogens (tertiary/aromatic N) is 1. The summed E-state index contributed by atoms with van der Waals surface area (Å²) in [7, 11) is 0. The lowest BCUT2D eigenvalue weighted by molar-refractivity contribution is 0.238. The Morgan fingerprint density at radius 1 is 1.04 bits per heavy atom. The van der Waals surface area contributed by atoms with Crippen LogP contribution in [-0.2, 0) is 6.42 Å². The van der Waals surface area contributed by atoms with Crippen LogP contribution in [0.5, 0.6) is 0 Å². The highest BCUT2D eigenvalue weighted by Gasteiger charge is 2.12. The van der Waals surface area contributed by atoms with Crippen LogP contribution < -0.4 is 16.0 Å². The van der Waals surface area contributed by atoms with E-state index in [0.29, 0.717) is 6.04 Å². The average Bonchev–Trinajstić information content (AvgIpc) is 2.53. The molecule has 2 rings (SSSR count). The highest BCUT2D eigenvalue weighted by atomic mass is 127. The summed E-state index contributed by atoms with van der Waals surface area (Å²) >= 11 is 2.37. The minimum absolute atomic E-state index is 0.491. The maximum atomic E-state index is 3.78. The summed E-state index contributed by atoms with van der Waals surface area (Å²) in [5, 5.41) is 10.9. The third-order valence-corrected chi connectivity index (χ3v) is 5.07. The standard InChI is InChI=1S/C19H33IN4/c1-16(2)15-24-11-9-21-7-8-22-14-19(23-10-12-24)13-17-3-5-18(20)6-4-17/h3-6,16,19,21-23H,7-15H2,1-2H3. The quantitative estimate of drug-likeness (QED) is 0.621. The van der Waals surface area contributed by atoms with Gasteiger partial charge in [-0.15, -0.1) is 0 Å². The van der Waals surface area contributed by atoms with Crippen LogP contribution in [0.3, 0.4) is 0 Å². The Morgan fingerprint density at radius 2 is 1.75 bits per heavy atom. The normalized spacial score (nSPS) is 22.1. The molecule has 1 saturated heterocycles. The summed E-state index contributed by atoms with van der Waals surface area (Å²) in [6.07, 6.45) is 1.08. The monoisotopic (exact) mass is 444 g/mol. The summed E-state index contributed by atoms with van der Waals surface area (Å²) in [5.41, 5.74) is 1.42. The number of hydrogen-bond acceptors (Lipinski definition) is 4. The fourth-order valence-electron chi connectivity index (χ4n) is 3.17. The van der Waals surface area contributed by atoms with E-state index in [0.717, 1.165) is 58.2 Å². The van der Waals surface area contributed by atoms with Crippen LogP contribution >= 0.6 is 22.6 Å². The van der Waals surface area contributed by atoms with Crippen molar-refractivity contribution >= 4 is 22.6 Å². The third kappa shape index (κ3) is 8.25. The first-order valence-electron chi connectivity index (χ1n) is 9.25. The van der Waals surface area contributed by atoms with Crippen molar-refractivity contribution in [3.63, 3.8) is 0 Å². The summed E-state index contributed by atoms with van der Waals surface area (Å²) in [6.45, 7) is 13.3. The molecule has 1 fully saturated rings. The number of rotatable bonds is 4. The first-order valence-corrected chi connectivity index (χ1v) is 10.3. The maximum absolute atomic E-state index is 3.78. The van der Waals surface area contributed by atoms with E-state index in [2.05, 4.69) is 81.6 Å². The highest BCUT2D eigenvalue weighted by molar-refractivity contribution is 14.1. The van der Waals surface area contributed by atoms with Gasteiger partial charge in [0.05, 0.1) is 0 Å². The topological polar surface area (TPSA) is 39.3 Å². The minimum atomic E-state index is 0.491. The Labute approximate surface area is 161 Å². The van der Waals surface area contributed by atoms with E-state index in [-0.39, 0.29) is 0 Å². The lowest BCUT2D eigenvalue weighted by Crippen LogP contribution is -2.47. The molecule has 136 valence electrons. The van der Waals surface area contributed by atoms with Gasteiger partial charge in [-0.3, -0.25) is 0 Å². The molecule has 24 heavy (non-hydrogen) atoms. The van der Waals surface area contributed by atoms with E-state index in [1.54, 1.807) is 0 Å². The van der Waals surface area contributed by atoms with Crippen molar-refractivity contribution in [2.75, 3.05) is 52.4 Å². The van der Waals surface area contributed by atoms with Gasteiger partial charge in [-0.05, 0) is 52.6 Å². The van der Waals surface area contributed by atoms with Crippen LogP contribution in [0.4, 0.5) is 0 Å². The molecule has 0 aliphatic carbocycles. The lowest BCUT2D eigenvalue weighted by atomic mass is 10.1. The molecule has 1 heterocycles. The predicted octanol–water partition coefficient (Wildman–Crippen LogP) is 1.94. The van der Waals surface area contributed by atoms with Crippen LogP contribution in [0.15, 0.2) is 24.3 Å². The van der Waals surface area contributed by atoms with E-state index < -0.39 is 0 Å². The Morgan fingerprint density at radius 3 is 2.50 bits per heavy atom. The fraction of sp³-hybridized carbons (Fsp3) is 0.684. The Balaban J connectivity index is 1.88. The van der Waals surface area contributed by atoms with Crippen LogP contribution in [0.25, 0.3) is 0 Å². The zero-order valence-electron chi connectivity index (χ0n) is 15.2. The first-order chi connectivity index (χ1) is 11.6. The fourth-order valence-corrected chi connectivity index (χ4v) is 3.53. The molecular weight excluding hydrogens is 411 g/mol. The van der Waals surface area contributed by atoms with Gasteiger partial charge >= 0.3 is 0 Å². The summed E-state index contributed by atoms with van der Waals surface area (Å²) in [5.74, 6) is 0.724. The molecule has 1 atom stereocenters. The van der Waals surface area contributed by atoms with E-state index in [1.807, 2.05) is 0 Å². The largest absolute Gasteiger partial charge is 0.314 e. The summed E-state index contributed by atoms with van der Waals surface area (Å²) in [6, 6.07) is 9.41. The molecule has 1 aromatic carbocycles. The molecule has 4 nitrogen and oxygen atoms in total. The van der Waals surface area contributed by atoms with Gasteiger partial charge in [0.15, 0.2) is 0 Å². The Hall–Kier alpha value is -0.210. The lowest BCUT2D eigenvalue weighted by Gasteiger charge is -2.27. The van der Waals surface area contributed by atoms with Crippen LogP contribution in [0, 0.1) is 9.49 Å². The molecule has 1 unspecified atom stereocenters. The number of halogens is 1. The SMILES string of the molecule is CC(C)CN1CCNCCNCC(Cc2ccc(I)cc2)NCC1. The molecule has 5 heteroatoms. The van der Waals surface area contributed by atoms with Gasteiger partial charge in [-0.25, -0.2) is 0 Å². The first kappa shape index (κ1) is 20.1. The number of benzene rings is 1. The molecular formula is C19H33IN4. The maximum Gasteiger partial charge on any atom is 0.0233 e. The van der Waals surface area contributed by atoms with Crippen molar-refractivity contribution in [1.29, 1.82) is 0 Å². The molecule has 1 aliphatic heterocycles. The summed E-state index contributed by atoms with van der Waals surface area (Å²) < 4.78 is 1.30. The summed E-state index contributed by atoms with van der Waals surface area (Å²) in [4.78, 5) is 2.58. The van der Waals surface area contributed by atoms with Crippen molar-refractivity contribution in [2.24, 2.45) is 5.92 Å². The molecule has 0 bridgehead atoms. The van der Waals surface area contributed by atoms with Crippen molar-refractivity contribution < 1.29 is 0 Å². The van der Waals surface area contributed by atoms with Gasteiger partial charge in [-0.1, -0.05) is 26.0 Å². The molecule has 0 aromatic heterocycles. The van der Waals surface area contributed by atoms with Gasteiger partial charge in [0.2, 0.25) is 0 Å². The van der Waals surface area contributed by atoms with Gasteiger partial charge < -0.3 is 20.9 Å².